The van der Waals surface area contributed by atoms with E-state index in [-0.39, 0.29) is 4.90 Å². The van der Waals surface area contributed by atoms with Gasteiger partial charge in [-0.15, -0.1) is 0 Å². The van der Waals surface area contributed by atoms with E-state index in [1.54, 1.807) is 12.1 Å². The summed E-state index contributed by atoms with van der Waals surface area (Å²) in [5.74, 6) is -0.717. The molecule has 0 heterocycles. The van der Waals surface area contributed by atoms with E-state index in [1.807, 2.05) is 6.92 Å². The number of halogens is 1. The maximum atomic E-state index is 12.3. The average molecular weight is 229 g/mol. The van der Waals surface area contributed by atoms with Crippen LogP contribution in [0.3, 0.4) is 0 Å². The first-order chi connectivity index (χ1) is 6.92. The first kappa shape index (κ1) is 11.9. The first-order valence-electron chi connectivity index (χ1n) is 4.31. The molecule has 0 spiro atoms. The third-order valence-electron chi connectivity index (χ3n) is 1.79. The molecule has 0 aliphatic carbocycles. The summed E-state index contributed by atoms with van der Waals surface area (Å²) in [7, 11) is -3.62. The Kier molecular flexibility index (Phi) is 3.60. The molecule has 15 heavy (non-hydrogen) atoms. The molecule has 1 N–H and O–H groups in total. The second-order valence-electron chi connectivity index (χ2n) is 3.15. The quantitative estimate of drug-likeness (QED) is 0.855. The highest BCUT2D eigenvalue weighted by Crippen LogP contribution is 2.09. The molecule has 5 heteroatoms. The van der Waals surface area contributed by atoms with E-state index in [4.69, 9.17) is 0 Å². The van der Waals surface area contributed by atoms with Gasteiger partial charge in [-0.25, -0.2) is 17.5 Å². The summed E-state index contributed by atoms with van der Waals surface area (Å²) >= 11 is 0. The van der Waals surface area contributed by atoms with Crippen molar-refractivity contribution in [1.82, 2.24) is 4.72 Å². The molecule has 0 saturated carbocycles. The van der Waals surface area contributed by atoms with Crippen LogP contribution >= 0.6 is 0 Å². The highest BCUT2D eigenvalue weighted by Gasteiger charge is 2.12. The minimum Gasteiger partial charge on any atom is -0.211 e. The molecule has 0 atom stereocenters. The normalized spacial score (nSPS) is 11.3. The van der Waals surface area contributed by atoms with Crippen LogP contribution in [0, 0.1) is 6.92 Å². The highest BCUT2D eigenvalue weighted by atomic mass is 32.2. The Balaban J connectivity index is 2.87. The van der Waals surface area contributed by atoms with Crippen LogP contribution in [-0.4, -0.2) is 15.0 Å². The molecule has 1 aromatic carbocycles. The molecule has 0 radical (unpaired) electrons. The Morgan fingerprint density at radius 1 is 1.40 bits per heavy atom. The van der Waals surface area contributed by atoms with Gasteiger partial charge in [0.05, 0.1) is 11.4 Å². The van der Waals surface area contributed by atoms with E-state index in [1.165, 1.54) is 12.1 Å². The first-order valence-corrected chi connectivity index (χ1v) is 5.80. The van der Waals surface area contributed by atoms with E-state index in [0.29, 0.717) is 0 Å². The van der Waals surface area contributed by atoms with Crippen LogP contribution in [-0.2, 0) is 10.0 Å². The van der Waals surface area contributed by atoms with Gasteiger partial charge < -0.3 is 0 Å². The monoisotopic (exact) mass is 229 g/mol. The molecule has 0 aliphatic rings. The highest BCUT2D eigenvalue weighted by molar-refractivity contribution is 7.89. The number of rotatable bonds is 4. The van der Waals surface area contributed by atoms with Crippen LogP contribution in [0.2, 0.25) is 0 Å². The van der Waals surface area contributed by atoms with Crippen molar-refractivity contribution in [3.8, 4) is 0 Å². The van der Waals surface area contributed by atoms with Crippen LogP contribution < -0.4 is 4.72 Å². The standard InChI is InChI=1S/C10H12FNO2S/c1-8-3-5-10(6-4-8)15(13,14)12-7-9(2)11/h3-6,12H,2,7H2,1H3. The Morgan fingerprint density at radius 3 is 2.40 bits per heavy atom. The topological polar surface area (TPSA) is 46.2 Å². The molecule has 1 aromatic rings. The Labute approximate surface area is 88.7 Å². The predicted octanol–water partition coefficient (Wildman–Crippen LogP) is 1.76. The fourth-order valence-electron chi connectivity index (χ4n) is 0.974. The average Bonchev–Trinajstić information content (AvgIpc) is 2.16. The number of aryl methyl sites for hydroxylation is 1. The summed E-state index contributed by atoms with van der Waals surface area (Å²) in [5.41, 5.74) is 0.962. The van der Waals surface area contributed by atoms with Crippen LogP contribution in [0.1, 0.15) is 5.56 Å². The lowest BCUT2D eigenvalue weighted by atomic mass is 10.2. The maximum absolute atomic E-state index is 12.3. The Morgan fingerprint density at radius 2 is 1.93 bits per heavy atom. The third kappa shape index (κ3) is 3.45. The van der Waals surface area contributed by atoms with Crippen molar-refractivity contribution in [1.29, 1.82) is 0 Å². The molecule has 82 valence electrons. The summed E-state index contributed by atoms with van der Waals surface area (Å²) in [6.45, 7) is 4.43. The van der Waals surface area contributed by atoms with Gasteiger partial charge in [0, 0.05) is 0 Å². The zero-order valence-electron chi connectivity index (χ0n) is 8.33. The van der Waals surface area contributed by atoms with Gasteiger partial charge in [0.15, 0.2) is 0 Å². The van der Waals surface area contributed by atoms with Gasteiger partial charge >= 0.3 is 0 Å². The van der Waals surface area contributed by atoms with E-state index in [2.05, 4.69) is 11.3 Å². The van der Waals surface area contributed by atoms with Gasteiger partial charge in [-0.2, -0.15) is 0 Å². The summed E-state index contributed by atoms with van der Waals surface area (Å²) in [5, 5.41) is 0. The number of sulfonamides is 1. The molecular formula is C10H12FNO2S. The van der Waals surface area contributed by atoms with Crippen molar-refractivity contribution < 1.29 is 12.8 Å². The van der Waals surface area contributed by atoms with Crippen LogP contribution in [0.25, 0.3) is 0 Å². The van der Waals surface area contributed by atoms with Gasteiger partial charge in [0.2, 0.25) is 10.0 Å². The zero-order chi connectivity index (χ0) is 11.5. The zero-order valence-corrected chi connectivity index (χ0v) is 9.14. The lowest BCUT2D eigenvalue weighted by Crippen LogP contribution is -2.24. The smallest absolute Gasteiger partial charge is 0.211 e. The molecule has 1 rings (SSSR count). The molecule has 0 unspecified atom stereocenters. The van der Waals surface area contributed by atoms with Crippen molar-refractivity contribution >= 4 is 10.0 Å². The summed E-state index contributed by atoms with van der Waals surface area (Å²) in [6.07, 6.45) is 0. The number of nitrogens with one attached hydrogen (secondary N) is 1. The fourth-order valence-corrected chi connectivity index (χ4v) is 1.98. The minimum atomic E-state index is -3.62. The van der Waals surface area contributed by atoms with Crippen molar-refractivity contribution in [2.75, 3.05) is 6.54 Å². The Hall–Kier alpha value is -1.20. The van der Waals surface area contributed by atoms with Gasteiger partial charge in [-0.05, 0) is 19.1 Å². The fraction of sp³-hybridized carbons (Fsp3) is 0.200. The molecule has 0 saturated heterocycles. The van der Waals surface area contributed by atoms with E-state index < -0.39 is 22.4 Å². The van der Waals surface area contributed by atoms with Gasteiger partial charge in [0.1, 0.15) is 5.83 Å². The molecule has 0 fully saturated rings. The minimum absolute atomic E-state index is 0.120. The van der Waals surface area contributed by atoms with Crippen molar-refractivity contribution in [2.45, 2.75) is 11.8 Å². The van der Waals surface area contributed by atoms with E-state index in [9.17, 15) is 12.8 Å². The van der Waals surface area contributed by atoms with Crippen LogP contribution in [0.4, 0.5) is 4.39 Å². The SMILES string of the molecule is C=C(F)CNS(=O)(=O)c1ccc(C)cc1. The number of hydrogen-bond donors (Lipinski definition) is 1. The van der Waals surface area contributed by atoms with Gasteiger partial charge in [0.25, 0.3) is 0 Å². The predicted molar refractivity (Wildman–Crippen MR) is 56.6 cm³/mol. The van der Waals surface area contributed by atoms with Crippen molar-refractivity contribution in [3.63, 3.8) is 0 Å². The van der Waals surface area contributed by atoms with Crippen LogP contribution in [0.5, 0.6) is 0 Å². The van der Waals surface area contributed by atoms with Gasteiger partial charge in [-0.3, -0.25) is 0 Å². The maximum Gasteiger partial charge on any atom is 0.240 e. The van der Waals surface area contributed by atoms with E-state index in [0.717, 1.165) is 5.56 Å². The molecule has 0 aliphatic heterocycles. The lowest BCUT2D eigenvalue weighted by Gasteiger charge is -2.05. The summed E-state index contributed by atoms with van der Waals surface area (Å²) < 4.78 is 37.4. The summed E-state index contributed by atoms with van der Waals surface area (Å²) in [4.78, 5) is 0.120. The number of benzene rings is 1. The number of hydrogen-bond acceptors (Lipinski definition) is 2. The van der Waals surface area contributed by atoms with Crippen LogP contribution in [0.15, 0.2) is 41.6 Å². The summed E-state index contributed by atoms with van der Waals surface area (Å²) in [6, 6.07) is 6.30. The van der Waals surface area contributed by atoms with Gasteiger partial charge in [-0.1, -0.05) is 24.3 Å². The Bertz CT molecular complexity index is 451. The van der Waals surface area contributed by atoms with E-state index >= 15 is 0 Å². The molecule has 0 bridgehead atoms. The largest absolute Gasteiger partial charge is 0.240 e. The second-order valence-corrected chi connectivity index (χ2v) is 4.92. The molecule has 0 amide bonds. The second kappa shape index (κ2) is 4.55. The molecular weight excluding hydrogens is 217 g/mol. The molecule has 0 aromatic heterocycles. The molecule has 3 nitrogen and oxygen atoms in total. The third-order valence-corrected chi connectivity index (χ3v) is 3.20. The van der Waals surface area contributed by atoms with Crippen molar-refractivity contribution in [3.05, 3.63) is 42.2 Å². The lowest BCUT2D eigenvalue weighted by molar-refractivity contribution is 0.567. The van der Waals surface area contributed by atoms with Crippen molar-refractivity contribution in [2.24, 2.45) is 0 Å².